The van der Waals surface area contributed by atoms with Crippen molar-refractivity contribution >= 4 is 0 Å². The summed E-state index contributed by atoms with van der Waals surface area (Å²) >= 11 is 0. The van der Waals surface area contributed by atoms with Crippen LogP contribution in [0.1, 0.15) is 226 Å². The van der Waals surface area contributed by atoms with E-state index in [1.807, 2.05) is 0 Å². The first-order chi connectivity index (χ1) is 17.8. The van der Waals surface area contributed by atoms with Gasteiger partial charge >= 0.3 is 0 Å². The van der Waals surface area contributed by atoms with Crippen LogP contribution in [0.5, 0.6) is 0 Å². The summed E-state index contributed by atoms with van der Waals surface area (Å²) in [6.45, 7) is 6.96. The molecule has 0 N–H and O–H groups in total. The fourth-order valence-electron chi connectivity index (χ4n) is 6.02. The third-order valence-electron chi connectivity index (χ3n) is 8.65. The minimum Gasteiger partial charge on any atom is -0.0654 e. The zero-order chi connectivity index (χ0) is 26.2. The van der Waals surface area contributed by atoms with Crippen LogP contribution in [0.15, 0.2) is 0 Å². The summed E-state index contributed by atoms with van der Waals surface area (Å²) in [6, 6.07) is 0. The van der Waals surface area contributed by atoms with Crippen molar-refractivity contribution in [2.75, 3.05) is 0 Å². The maximum Gasteiger partial charge on any atom is -0.0414 e. The van der Waals surface area contributed by atoms with Crippen LogP contribution in [0.2, 0.25) is 0 Å². The first-order valence-corrected chi connectivity index (χ1v) is 17.8. The van der Waals surface area contributed by atoms with Crippen molar-refractivity contribution in [1.29, 1.82) is 0 Å². The van der Waals surface area contributed by atoms with Gasteiger partial charge in [0.1, 0.15) is 0 Å². The molecule has 0 amide bonds. The third-order valence-corrected chi connectivity index (χ3v) is 8.65. The van der Waals surface area contributed by atoms with E-state index >= 15 is 0 Å². The molecular weight excluding hydrogens is 432 g/mol. The molecule has 0 rings (SSSR count). The summed E-state index contributed by atoms with van der Waals surface area (Å²) in [6.07, 6.45) is 47.3. The molecule has 36 heavy (non-hydrogen) atoms. The van der Waals surface area contributed by atoms with E-state index in [2.05, 4.69) is 20.8 Å². The Bertz CT molecular complexity index is 341. The van der Waals surface area contributed by atoms with Gasteiger partial charge in [0.25, 0.3) is 0 Å². The quantitative estimate of drug-likeness (QED) is 0.0795. The molecule has 0 aliphatic heterocycles. The molecule has 0 bridgehead atoms. The lowest BCUT2D eigenvalue weighted by Gasteiger charge is -2.17. The highest BCUT2D eigenvalue weighted by molar-refractivity contribution is 4.62. The Labute approximate surface area is 232 Å². The lowest BCUT2D eigenvalue weighted by molar-refractivity contribution is 0.365. The fourth-order valence-corrected chi connectivity index (χ4v) is 6.02. The third kappa shape index (κ3) is 30.2. The largest absolute Gasteiger partial charge is 0.0654 e. The minimum absolute atomic E-state index is 1.04. The number of hydrogen-bond donors (Lipinski definition) is 0. The predicted molar refractivity (Wildman–Crippen MR) is 168 cm³/mol. The Hall–Kier alpha value is 0. The van der Waals surface area contributed by atoms with Gasteiger partial charge in [-0.05, 0) is 5.92 Å². The second-order valence-electron chi connectivity index (χ2n) is 12.4. The highest BCUT2D eigenvalue weighted by Gasteiger charge is 2.09. The van der Waals surface area contributed by atoms with Gasteiger partial charge in [0, 0.05) is 0 Å². The second-order valence-corrected chi connectivity index (χ2v) is 12.4. The van der Waals surface area contributed by atoms with Gasteiger partial charge < -0.3 is 0 Å². The topological polar surface area (TPSA) is 0 Å². The molecule has 0 radical (unpaired) electrons. The van der Waals surface area contributed by atoms with Gasteiger partial charge in [-0.1, -0.05) is 226 Å². The number of unbranched alkanes of at least 4 members (excludes halogenated alkanes) is 26. The van der Waals surface area contributed by atoms with E-state index < -0.39 is 0 Å². The Morgan fingerprint density at radius 1 is 0.222 bits per heavy atom. The molecule has 0 unspecified atom stereocenters. The molecule has 0 saturated heterocycles. The van der Waals surface area contributed by atoms with Crippen molar-refractivity contribution in [1.82, 2.24) is 0 Å². The molecule has 0 nitrogen and oxygen atoms in total. The average Bonchev–Trinajstić information content (AvgIpc) is 2.89. The van der Waals surface area contributed by atoms with Crippen molar-refractivity contribution < 1.29 is 0 Å². The van der Waals surface area contributed by atoms with E-state index in [-0.39, 0.29) is 0 Å². The SMILES string of the molecule is CCCCCCCCCCCCCCCCCC(CCCCCCCCC)CCCCCCCCC. The van der Waals surface area contributed by atoms with Gasteiger partial charge in [0.15, 0.2) is 0 Å². The predicted octanol–water partition coefficient (Wildman–Crippen LogP) is 14.1. The normalized spacial score (nSPS) is 11.7. The van der Waals surface area contributed by atoms with Gasteiger partial charge in [0.05, 0.1) is 0 Å². The van der Waals surface area contributed by atoms with E-state index in [4.69, 9.17) is 0 Å². The van der Waals surface area contributed by atoms with Crippen LogP contribution in [0.25, 0.3) is 0 Å². The Balaban J connectivity index is 3.71. The van der Waals surface area contributed by atoms with E-state index in [0.717, 1.165) is 5.92 Å². The lowest BCUT2D eigenvalue weighted by Crippen LogP contribution is -2.01. The van der Waals surface area contributed by atoms with Crippen molar-refractivity contribution in [2.24, 2.45) is 5.92 Å². The summed E-state index contributed by atoms with van der Waals surface area (Å²) in [4.78, 5) is 0. The van der Waals surface area contributed by atoms with Gasteiger partial charge in [-0.2, -0.15) is 0 Å². The van der Waals surface area contributed by atoms with Crippen LogP contribution in [0, 0.1) is 5.92 Å². The van der Waals surface area contributed by atoms with Gasteiger partial charge in [0.2, 0.25) is 0 Å². The van der Waals surface area contributed by atoms with E-state index in [0.29, 0.717) is 0 Å². The van der Waals surface area contributed by atoms with E-state index in [1.54, 1.807) is 0 Å². The second kappa shape index (κ2) is 33.0. The van der Waals surface area contributed by atoms with Gasteiger partial charge in [-0.25, -0.2) is 0 Å². The van der Waals surface area contributed by atoms with Crippen molar-refractivity contribution in [3.05, 3.63) is 0 Å². The standard InChI is InChI=1S/C36H74/c1-4-7-10-13-16-17-18-19-20-21-22-23-26-29-32-35-36(33-30-27-24-14-11-8-5-2)34-31-28-25-15-12-9-6-3/h36H,4-35H2,1-3H3. The Kier molecular flexibility index (Phi) is 33.0. The molecule has 0 aromatic heterocycles. The van der Waals surface area contributed by atoms with E-state index in [1.165, 1.54) is 205 Å². The van der Waals surface area contributed by atoms with Crippen molar-refractivity contribution in [3.63, 3.8) is 0 Å². The molecule has 218 valence electrons. The van der Waals surface area contributed by atoms with Crippen molar-refractivity contribution in [3.8, 4) is 0 Å². The Morgan fingerprint density at radius 2 is 0.389 bits per heavy atom. The first kappa shape index (κ1) is 36.0. The zero-order valence-corrected chi connectivity index (χ0v) is 26.2. The van der Waals surface area contributed by atoms with Gasteiger partial charge in [-0.3, -0.25) is 0 Å². The van der Waals surface area contributed by atoms with E-state index in [9.17, 15) is 0 Å². The summed E-state index contributed by atoms with van der Waals surface area (Å²) in [7, 11) is 0. The molecule has 0 heteroatoms. The molecular formula is C36H74. The van der Waals surface area contributed by atoms with Crippen LogP contribution in [0.4, 0.5) is 0 Å². The molecule has 0 aromatic rings. The van der Waals surface area contributed by atoms with Gasteiger partial charge in [-0.15, -0.1) is 0 Å². The first-order valence-electron chi connectivity index (χ1n) is 17.8. The van der Waals surface area contributed by atoms with Crippen LogP contribution in [-0.4, -0.2) is 0 Å². The monoisotopic (exact) mass is 507 g/mol. The molecule has 0 aliphatic carbocycles. The fraction of sp³-hybridized carbons (Fsp3) is 1.00. The van der Waals surface area contributed by atoms with Crippen LogP contribution >= 0.6 is 0 Å². The van der Waals surface area contributed by atoms with Crippen molar-refractivity contribution in [2.45, 2.75) is 226 Å². The molecule has 0 heterocycles. The smallest absolute Gasteiger partial charge is 0.0414 e. The lowest BCUT2D eigenvalue weighted by atomic mass is 9.89. The highest BCUT2D eigenvalue weighted by Crippen LogP contribution is 2.25. The minimum atomic E-state index is 1.04. The highest BCUT2D eigenvalue weighted by atomic mass is 14.1. The molecule has 0 aromatic carbocycles. The maximum atomic E-state index is 2.33. The Morgan fingerprint density at radius 3 is 0.583 bits per heavy atom. The maximum absolute atomic E-state index is 2.33. The van der Waals surface area contributed by atoms with Crippen LogP contribution < -0.4 is 0 Å². The molecule has 0 spiro atoms. The molecule has 0 aliphatic rings. The summed E-state index contributed by atoms with van der Waals surface area (Å²) in [5, 5.41) is 0. The number of hydrogen-bond acceptors (Lipinski definition) is 0. The molecule has 0 saturated carbocycles. The summed E-state index contributed by atoms with van der Waals surface area (Å²) in [5.74, 6) is 1.04. The van der Waals surface area contributed by atoms with Crippen LogP contribution in [0.3, 0.4) is 0 Å². The number of rotatable bonds is 32. The average molecular weight is 507 g/mol. The molecule has 0 fully saturated rings. The molecule has 0 atom stereocenters. The van der Waals surface area contributed by atoms with Crippen LogP contribution in [-0.2, 0) is 0 Å². The zero-order valence-electron chi connectivity index (χ0n) is 26.2. The summed E-state index contributed by atoms with van der Waals surface area (Å²) < 4.78 is 0. The summed E-state index contributed by atoms with van der Waals surface area (Å²) in [5.41, 5.74) is 0.